The van der Waals surface area contributed by atoms with Gasteiger partial charge in [0.2, 0.25) is 0 Å². The minimum atomic E-state index is -4.50. The molecule has 1 saturated heterocycles. The van der Waals surface area contributed by atoms with Gasteiger partial charge in [0.15, 0.2) is 6.10 Å². The van der Waals surface area contributed by atoms with Gasteiger partial charge in [-0.2, -0.15) is 13.2 Å². The number of carbonyl (C=O) groups is 2. The third-order valence-corrected chi connectivity index (χ3v) is 10.5. The van der Waals surface area contributed by atoms with Crippen LogP contribution >= 0.6 is 15.9 Å². The van der Waals surface area contributed by atoms with E-state index < -0.39 is 23.9 Å². The largest absolute Gasteiger partial charge is 0.416 e. The maximum absolute atomic E-state index is 14.4. The average Bonchev–Trinajstić information content (AvgIpc) is 3.45. The average molecular weight is 791 g/mol. The Kier molecular flexibility index (Phi) is 9.96. The van der Waals surface area contributed by atoms with Crippen molar-refractivity contribution in [2.75, 3.05) is 24.6 Å². The van der Waals surface area contributed by atoms with E-state index in [9.17, 15) is 27.6 Å². The number of rotatable bonds is 7. The number of nitrogens with one attached hydrogen (secondary N) is 1. The number of hydrogen-bond donors (Lipinski definition) is 1. The number of benzene rings is 3. The topological polar surface area (TPSA) is 115 Å². The summed E-state index contributed by atoms with van der Waals surface area (Å²) in [5, 5.41) is 2.99. The number of halogens is 4. The Morgan fingerprint density at radius 1 is 1.02 bits per heavy atom. The fourth-order valence-electron chi connectivity index (χ4n) is 6.83. The molecular weight excluding hydrogens is 755 g/mol. The van der Waals surface area contributed by atoms with Gasteiger partial charge in [0.25, 0.3) is 11.8 Å². The molecular formula is C38H35BrF3N7O4. The summed E-state index contributed by atoms with van der Waals surface area (Å²) in [5.74, 6) is -0.781. The lowest BCUT2D eigenvalue weighted by Crippen LogP contribution is -2.49. The minimum absolute atomic E-state index is 0.0116. The van der Waals surface area contributed by atoms with Gasteiger partial charge in [-0.25, -0.2) is 14.8 Å². The monoisotopic (exact) mass is 789 g/mol. The van der Waals surface area contributed by atoms with Crippen molar-refractivity contribution >= 4 is 33.4 Å². The van der Waals surface area contributed by atoms with Crippen LogP contribution in [-0.4, -0.2) is 73.8 Å². The van der Waals surface area contributed by atoms with Gasteiger partial charge in [-0.15, -0.1) is 0 Å². The zero-order valence-corrected chi connectivity index (χ0v) is 30.4. The lowest BCUT2D eigenvalue weighted by atomic mass is 10.0. The number of morpholine rings is 1. The van der Waals surface area contributed by atoms with E-state index in [1.54, 1.807) is 58.5 Å². The van der Waals surface area contributed by atoms with E-state index in [0.717, 1.165) is 21.2 Å². The van der Waals surface area contributed by atoms with Gasteiger partial charge in [-0.05, 0) is 73.5 Å². The Labute approximate surface area is 311 Å². The minimum Gasteiger partial charge on any atom is -0.366 e. The maximum atomic E-state index is 14.4. The number of aryl methyl sites for hydroxylation is 1. The highest BCUT2D eigenvalue weighted by Crippen LogP contribution is 2.30. The quantitative estimate of drug-likeness (QED) is 0.218. The molecule has 0 saturated carbocycles. The molecule has 0 bridgehead atoms. The molecule has 2 aliphatic heterocycles. The van der Waals surface area contributed by atoms with E-state index in [-0.39, 0.29) is 57.0 Å². The van der Waals surface area contributed by atoms with Gasteiger partial charge < -0.3 is 19.9 Å². The van der Waals surface area contributed by atoms with Crippen LogP contribution in [0.3, 0.4) is 0 Å². The highest BCUT2D eigenvalue weighted by atomic mass is 79.9. The first-order chi connectivity index (χ1) is 25.4. The number of hydrogen-bond acceptors (Lipinski definition) is 7. The molecule has 53 heavy (non-hydrogen) atoms. The molecule has 11 nitrogen and oxygen atoms in total. The smallest absolute Gasteiger partial charge is 0.366 e. The van der Waals surface area contributed by atoms with Crippen molar-refractivity contribution in [3.8, 4) is 16.9 Å². The highest BCUT2D eigenvalue weighted by molar-refractivity contribution is 9.10. The van der Waals surface area contributed by atoms with Crippen molar-refractivity contribution in [3.05, 3.63) is 128 Å². The second kappa shape index (κ2) is 14.6. The van der Waals surface area contributed by atoms with E-state index >= 15 is 0 Å². The molecule has 1 unspecified atom stereocenters. The van der Waals surface area contributed by atoms with E-state index in [2.05, 4.69) is 31.2 Å². The number of aromatic nitrogens is 4. The predicted molar refractivity (Wildman–Crippen MR) is 195 cm³/mol. The zero-order valence-electron chi connectivity index (χ0n) is 28.8. The first kappa shape index (κ1) is 36.1. The predicted octanol–water partition coefficient (Wildman–Crippen LogP) is 5.91. The summed E-state index contributed by atoms with van der Waals surface area (Å²) in [7, 11) is 0. The summed E-state index contributed by atoms with van der Waals surface area (Å²) in [5.41, 5.74) is 4.44. The van der Waals surface area contributed by atoms with Crippen LogP contribution in [0.1, 0.15) is 44.6 Å². The third kappa shape index (κ3) is 7.22. The van der Waals surface area contributed by atoms with E-state index in [0.29, 0.717) is 28.3 Å². The summed E-state index contributed by atoms with van der Waals surface area (Å²) < 4.78 is 49.0. The molecule has 1 N–H and O–H groups in total. The summed E-state index contributed by atoms with van der Waals surface area (Å²) in [6, 6.07) is 20.7. The van der Waals surface area contributed by atoms with Crippen LogP contribution in [0, 0.1) is 6.92 Å². The van der Waals surface area contributed by atoms with Crippen LogP contribution in [-0.2, 0) is 24.4 Å². The molecule has 7 rings (SSSR count). The molecule has 3 aromatic carbocycles. The fourth-order valence-corrected chi connectivity index (χ4v) is 7.08. The number of amides is 2. The summed E-state index contributed by atoms with van der Waals surface area (Å²) >= 11 is 3.48. The molecule has 0 aliphatic carbocycles. The zero-order chi connectivity index (χ0) is 37.4. The second-order valence-corrected chi connectivity index (χ2v) is 13.9. The molecule has 0 radical (unpaired) electrons. The lowest BCUT2D eigenvalue weighted by molar-refractivity contribution is -0.221. The van der Waals surface area contributed by atoms with Crippen LogP contribution in [0.2, 0.25) is 0 Å². The maximum Gasteiger partial charge on any atom is 0.416 e. The molecule has 2 atom stereocenters. The number of carbonyl (C=O) groups excluding carboxylic acids is 2. The van der Waals surface area contributed by atoms with Crippen molar-refractivity contribution < 1.29 is 27.5 Å². The third-order valence-electron chi connectivity index (χ3n) is 9.64. The fraction of sp³-hybridized carbons (Fsp3) is 0.289. The molecule has 2 amide bonds. The number of imidazole rings is 1. The number of nitrogens with zero attached hydrogens (tertiary/aromatic N) is 6. The highest BCUT2D eigenvalue weighted by Gasteiger charge is 2.43. The Hall–Kier alpha value is -5.28. The summed E-state index contributed by atoms with van der Waals surface area (Å²) in [4.78, 5) is 54.1. The van der Waals surface area contributed by atoms with Crippen LogP contribution in [0.5, 0.6) is 0 Å². The molecule has 4 heterocycles. The lowest BCUT2D eigenvalue weighted by Gasteiger charge is -2.35. The Morgan fingerprint density at radius 2 is 1.77 bits per heavy atom. The van der Waals surface area contributed by atoms with Crippen molar-refractivity contribution in [1.82, 2.24) is 29.3 Å². The van der Waals surface area contributed by atoms with Gasteiger partial charge in [0, 0.05) is 53.2 Å². The molecule has 274 valence electrons. The standard InChI is InChI=1S/C38H35BrF3N7O4/c1-23-17-25(7-12-30(23)39)36(51)47-20-32-34(35(50)44-18-26-5-3-4-6-29(26)31-13-14-43-22-45-31)49(37(52)48(32)19-24(47)2)28-10-8-27(9-11-28)46-15-16-53-33(21-46)38(40,41)42/h3-14,17,22,24,33H,15-16,18-21H2,1-2H3,(H,44,50)/t24-,33?/m0/s1. The van der Waals surface area contributed by atoms with Crippen molar-refractivity contribution in [1.29, 1.82) is 0 Å². The van der Waals surface area contributed by atoms with E-state index in [1.807, 2.05) is 44.2 Å². The van der Waals surface area contributed by atoms with Gasteiger partial charge in [0.1, 0.15) is 12.0 Å². The van der Waals surface area contributed by atoms with Crippen LogP contribution in [0.4, 0.5) is 18.9 Å². The normalized spacial score (nSPS) is 17.4. The van der Waals surface area contributed by atoms with Crippen LogP contribution < -0.4 is 15.9 Å². The second-order valence-electron chi connectivity index (χ2n) is 13.1. The molecule has 2 aliphatic rings. The Morgan fingerprint density at radius 3 is 2.49 bits per heavy atom. The van der Waals surface area contributed by atoms with Gasteiger partial charge in [-0.1, -0.05) is 40.2 Å². The molecule has 0 spiro atoms. The van der Waals surface area contributed by atoms with E-state index in [1.165, 1.54) is 15.5 Å². The van der Waals surface area contributed by atoms with Crippen LogP contribution in [0.15, 0.2) is 94.6 Å². The number of ether oxygens (including phenoxy) is 1. The summed E-state index contributed by atoms with van der Waals surface area (Å²) in [6.07, 6.45) is -3.34. The van der Waals surface area contributed by atoms with Gasteiger partial charge >= 0.3 is 11.9 Å². The number of fused-ring (bicyclic) bond motifs is 1. The van der Waals surface area contributed by atoms with Crippen molar-refractivity contribution in [2.45, 2.75) is 51.8 Å². The summed E-state index contributed by atoms with van der Waals surface area (Å²) in [6.45, 7) is 3.78. The SMILES string of the molecule is Cc1cc(C(=O)N2Cc3c(C(=O)NCc4ccccc4-c4ccncn4)n(-c4ccc(N5CCOC(C(F)(F)F)C5)cc4)c(=O)n3C[C@@H]2C)ccc1Br. The Balaban J connectivity index is 1.25. The molecule has 1 fully saturated rings. The Bertz CT molecular complexity index is 2220. The number of anilines is 1. The van der Waals surface area contributed by atoms with E-state index in [4.69, 9.17) is 4.74 Å². The number of alkyl halides is 3. The van der Waals surface area contributed by atoms with Gasteiger partial charge in [0.05, 0.1) is 36.8 Å². The molecule has 2 aromatic heterocycles. The van der Waals surface area contributed by atoms with Crippen LogP contribution in [0.25, 0.3) is 16.9 Å². The van der Waals surface area contributed by atoms with Gasteiger partial charge in [-0.3, -0.25) is 18.7 Å². The first-order valence-electron chi connectivity index (χ1n) is 17.0. The molecule has 5 aromatic rings. The molecule has 15 heteroatoms. The first-order valence-corrected chi connectivity index (χ1v) is 17.8. The van der Waals surface area contributed by atoms with Crippen molar-refractivity contribution in [2.24, 2.45) is 0 Å². The van der Waals surface area contributed by atoms with Crippen molar-refractivity contribution in [3.63, 3.8) is 0 Å².